The Bertz CT molecular complexity index is 464. The zero-order chi connectivity index (χ0) is 13.9. The fraction of sp³-hybridized carbons (Fsp3) is 0.533. The second-order valence-electron chi connectivity index (χ2n) is 5.64. The van der Waals surface area contributed by atoms with Gasteiger partial charge in [-0.1, -0.05) is 34.5 Å². The predicted molar refractivity (Wildman–Crippen MR) is 84.4 cm³/mol. The molecule has 0 saturated heterocycles. The first-order valence-corrected chi connectivity index (χ1v) is 7.64. The maximum Gasteiger partial charge on any atom is 0.188 e. The van der Waals surface area contributed by atoms with Crippen LogP contribution in [0.1, 0.15) is 38.7 Å². The van der Waals surface area contributed by atoms with E-state index in [0.29, 0.717) is 12.0 Å². The number of halogens is 1. The average molecular weight is 324 g/mol. The smallest absolute Gasteiger partial charge is 0.188 e. The van der Waals surface area contributed by atoms with Crippen molar-refractivity contribution >= 4 is 21.9 Å². The third-order valence-corrected chi connectivity index (χ3v) is 4.23. The van der Waals surface area contributed by atoms with E-state index in [0.717, 1.165) is 11.0 Å². The molecule has 4 heteroatoms. The van der Waals surface area contributed by atoms with Crippen molar-refractivity contribution in [3.05, 3.63) is 34.3 Å². The van der Waals surface area contributed by atoms with Crippen molar-refractivity contribution in [2.45, 2.75) is 44.6 Å². The van der Waals surface area contributed by atoms with Crippen LogP contribution in [-0.4, -0.2) is 18.5 Å². The molecule has 0 aliphatic heterocycles. The molecular formula is C15H22BrN3. The molecule has 1 fully saturated rings. The minimum Gasteiger partial charge on any atom is -0.370 e. The van der Waals surface area contributed by atoms with Crippen LogP contribution in [0.4, 0.5) is 0 Å². The highest BCUT2D eigenvalue weighted by atomic mass is 79.9. The zero-order valence-corrected chi connectivity index (χ0v) is 13.2. The Balaban J connectivity index is 2.11. The molecule has 0 spiro atoms. The summed E-state index contributed by atoms with van der Waals surface area (Å²) in [6.45, 7) is 4.90. The monoisotopic (exact) mass is 323 g/mol. The van der Waals surface area contributed by atoms with Gasteiger partial charge in [-0.15, -0.1) is 0 Å². The van der Waals surface area contributed by atoms with E-state index in [4.69, 9.17) is 5.73 Å². The second-order valence-corrected chi connectivity index (χ2v) is 6.56. The maximum atomic E-state index is 5.90. The largest absolute Gasteiger partial charge is 0.370 e. The summed E-state index contributed by atoms with van der Waals surface area (Å²) in [5.41, 5.74) is 7.46. The zero-order valence-electron chi connectivity index (χ0n) is 11.6. The summed E-state index contributed by atoms with van der Waals surface area (Å²) < 4.78 is 1.13. The number of aliphatic imine (C=N–C) groups is 1. The van der Waals surface area contributed by atoms with Crippen molar-refractivity contribution in [3.63, 3.8) is 0 Å². The van der Waals surface area contributed by atoms with E-state index in [9.17, 15) is 0 Å². The molecule has 3 nitrogen and oxygen atoms in total. The summed E-state index contributed by atoms with van der Waals surface area (Å²) in [6, 6.07) is 8.89. The Morgan fingerprint density at radius 3 is 2.74 bits per heavy atom. The van der Waals surface area contributed by atoms with Crippen LogP contribution in [0.15, 0.2) is 33.7 Å². The second kappa shape index (κ2) is 5.95. The lowest BCUT2D eigenvalue weighted by molar-refractivity contribution is 0.253. The van der Waals surface area contributed by atoms with E-state index in [2.05, 4.69) is 64.4 Å². The maximum absolute atomic E-state index is 5.90. The van der Waals surface area contributed by atoms with Crippen molar-refractivity contribution in [1.29, 1.82) is 0 Å². The molecule has 0 heterocycles. The standard InChI is InChI=1S/C15H22BrN3/c1-11(2)19-14(17)18-10-15(7-4-8-15)12-5-3-6-13(16)9-12/h3,5-6,9,11H,4,7-8,10H2,1-2H3,(H3,17,18,19). The molecule has 2 rings (SSSR count). The topological polar surface area (TPSA) is 50.4 Å². The van der Waals surface area contributed by atoms with Crippen molar-refractivity contribution in [1.82, 2.24) is 5.32 Å². The number of nitrogens with one attached hydrogen (secondary N) is 1. The van der Waals surface area contributed by atoms with Crippen LogP contribution in [0.2, 0.25) is 0 Å². The Morgan fingerprint density at radius 2 is 2.21 bits per heavy atom. The van der Waals surface area contributed by atoms with Gasteiger partial charge in [0, 0.05) is 15.9 Å². The molecule has 1 saturated carbocycles. The van der Waals surface area contributed by atoms with Crippen LogP contribution in [0, 0.1) is 0 Å². The van der Waals surface area contributed by atoms with Crippen molar-refractivity contribution in [2.24, 2.45) is 10.7 Å². The first-order valence-electron chi connectivity index (χ1n) is 6.84. The molecule has 104 valence electrons. The third-order valence-electron chi connectivity index (χ3n) is 3.74. The summed E-state index contributed by atoms with van der Waals surface area (Å²) in [5.74, 6) is 0.552. The van der Waals surface area contributed by atoms with E-state index >= 15 is 0 Å². The van der Waals surface area contributed by atoms with E-state index < -0.39 is 0 Å². The molecule has 19 heavy (non-hydrogen) atoms. The van der Waals surface area contributed by atoms with Crippen LogP contribution >= 0.6 is 15.9 Å². The molecule has 0 bridgehead atoms. The normalized spacial score (nSPS) is 18.2. The molecule has 3 N–H and O–H groups in total. The summed E-state index contributed by atoms with van der Waals surface area (Å²) in [4.78, 5) is 4.53. The molecule has 1 aliphatic rings. The molecular weight excluding hydrogens is 302 g/mol. The fourth-order valence-corrected chi connectivity index (χ4v) is 2.94. The van der Waals surface area contributed by atoms with Gasteiger partial charge >= 0.3 is 0 Å². The van der Waals surface area contributed by atoms with Gasteiger partial charge in [-0.25, -0.2) is 0 Å². The van der Waals surface area contributed by atoms with Gasteiger partial charge in [0.2, 0.25) is 0 Å². The first kappa shape index (κ1) is 14.4. The lowest BCUT2D eigenvalue weighted by Crippen LogP contribution is -2.41. The molecule has 0 aromatic heterocycles. The number of rotatable bonds is 4. The Kier molecular flexibility index (Phi) is 4.50. The number of guanidine groups is 1. The Hall–Kier alpha value is -1.03. The fourth-order valence-electron chi connectivity index (χ4n) is 2.54. The highest BCUT2D eigenvalue weighted by Crippen LogP contribution is 2.44. The van der Waals surface area contributed by atoms with E-state index in [1.54, 1.807) is 0 Å². The van der Waals surface area contributed by atoms with Crippen LogP contribution < -0.4 is 11.1 Å². The lowest BCUT2D eigenvalue weighted by Gasteiger charge is -2.41. The highest BCUT2D eigenvalue weighted by Gasteiger charge is 2.38. The molecule has 0 radical (unpaired) electrons. The minimum atomic E-state index is 0.188. The number of nitrogens with two attached hydrogens (primary N) is 1. The molecule has 1 aromatic rings. The Morgan fingerprint density at radius 1 is 1.47 bits per heavy atom. The molecule has 1 aromatic carbocycles. The summed E-state index contributed by atoms with van der Waals surface area (Å²) in [6.07, 6.45) is 3.67. The SMILES string of the molecule is CC(C)NC(N)=NCC1(c2cccc(Br)c2)CCC1. The van der Waals surface area contributed by atoms with Gasteiger partial charge in [0.1, 0.15) is 0 Å². The minimum absolute atomic E-state index is 0.188. The lowest BCUT2D eigenvalue weighted by atomic mass is 9.64. The molecule has 0 unspecified atom stereocenters. The first-order chi connectivity index (χ1) is 9.02. The number of benzene rings is 1. The number of hydrogen-bond donors (Lipinski definition) is 2. The van der Waals surface area contributed by atoms with Crippen LogP contribution in [-0.2, 0) is 5.41 Å². The van der Waals surface area contributed by atoms with Crippen LogP contribution in [0.5, 0.6) is 0 Å². The highest BCUT2D eigenvalue weighted by molar-refractivity contribution is 9.10. The van der Waals surface area contributed by atoms with Gasteiger partial charge in [0.15, 0.2) is 5.96 Å². The van der Waals surface area contributed by atoms with Gasteiger partial charge in [0.25, 0.3) is 0 Å². The number of hydrogen-bond acceptors (Lipinski definition) is 1. The van der Waals surface area contributed by atoms with Gasteiger partial charge in [-0.2, -0.15) is 0 Å². The van der Waals surface area contributed by atoms with E-state index in [1.807, 2.05) is 0 Å². The predicted octanol–water partition coefficient (Wildman–Crippen LogP) is 3.18. The van der Waals surface area contributed by atoms with Crippen molar-refractivity contribution < 1.29 is 0 Å². The molecule has 0 atom stereocenters. The van der Waals surface area contributed by atoms with Gasteiger partial charge in [-0.3, -0.25) is 4.99 Å². The van der Waals surface area contributed by atoms with E-state index in [1.165, 1.54) is 24.8 Å². The van der Waals surface area contributed by atoms with E-state index in [-0.39, 0.29) is 5.41 Å². The summed E-state index contributed by atoms with van der Waals surface area (Å²) in [5, 5.41) is 3.14. The molecule has 1 aliphatic carbocycles. The third kappa shape index (κ3) is 3.50. The summed E-state index contributed by atoms with van der Waals surface area (Å²) >= 11 is 3.55. The van der Waals surface area contributed by atoms with Gasteiger partial charge in [0.05, 0.1) is 6.54 Å². The summed E-state index contributed by atoms with van der Waals surface area (Å²) in [7, 11) is 0. The van der Waals surface area contributed by atoms with Crippen molar-refractivity contribution in [3.8, 4) is 0 Å². The number of nitrogens with zero attached hydrogens (tertiary/aromatic N) is 1. The Labute approximate surface area is 123 Å². The molecule has 0 amide bonds. The van der Waals surface area contributed by atoms with Crippen LogP contribution in [0.3, 0.4) is 0 Å². The van der Waals surface area contributed by atoms with Crippen molar-refractivity contribution in [2.75, 3.05) is 6.54 Å². The van der Waals surface area contributed by atoms with Crippen LogP contribution in [0.25, 0.3) is 0 Å². The average Bonchev–Trinajstić information content (AvgIpc) is 2.26. The van der Waals surface area contributed by atoms with Gasteiger partial charge in [-0.05, 0) is 44.4 Å². The quantitative estimate of drug-likeness (QED) is 0.660. The van der Waals surface area contributed by atoms with Gasteiger partial charge < -0.3 is 11.1 Å².